The summed E-state index contributed by atoms with van der Waals surface area (Å²) in [5.41, 5.74) is 2.55. The molecule has 9 nitrogen and oxygen atoms in total. The fourth-order valence-corrected chi connectivity index (χ4v) is 4.14. The Morgan fingerprint density at radius 3 is 2.78 bits per heavy atom. The van der Waals surface area contributed by atoms with Crippen molar-refractivity contribution >= 4 is 17.8 Å². The maximum absolute atomic E-state index is 12.5. The Labute approximate surface area is 210 Å². The number of halogens is 3. The van der Waals surface area contributed by atoms with E-state index >= 15 is 0 Å². The van der Waals surface area contributed by atoms with Crippen LogP contribution >= 0.6 is 0 Å². The molecule has 0 saturated heterocycles. The van der Waals surface area contributed by atoms with Gasteiger partial charge in [-0.3, -0.25) is 4.79 Å². The lowest BCUT2D eigenvalue weighted by Crippen LogP contribution is -2.28. The molecular weight excluding hydrogens is 493 g/mol. The minimum atomic E-state index is -5.15. The number of esters is 1. The molecule has 0 aliphatic carbocycles. The van der Waals surface area contributed by atoms with Crippen molar-refractivity contribution in [3.63, 3.8) is 0 Å². The molecule has 2 aromatic heterocycles. The van der Waals surface area contributed by atoms with Crippen LogP contribution in [0, 0.1) is 0 Å². The third kappa shape index (κ3) is 7.28. The second kappa shape index (κ2) is 11.4. The van der Waals surface area contributed by atoms with Crippen molar-refractivity contribution in [2.75, 3.05) is 11.9 Å². The number of ether oxygens (including phenoxy) is 1. The number of carboxylic acid groups (broad SMARTS) is 1. The number of rotatable bonds is 10. The molecule has 0 bridgehead atoms. The van der Waals surface area contributed by atoms with E-state index in [1.807, 2.05) is 6.07 Å². The van der Waals surface area contributed by atoms with E-state index in [9.17, 15) is 27.9 Å². The van der Waals surface area contributed by atoms with E-state index in [-0.39, 0.29) is 24.5 Å². The highest BCUT2D eigenvalue weighted by atomic mass is 19.4. The van der Waals surface area contributed by atoms with Gasteiger partial charge < -0.3 is 19.7 Å². The Bertz CT molecular complexity index is 1260. The number of hydrogen-bond acceptors (Lipinski definition) is 8. The second-order valence-corrected chi connectivity index (χ2v) is 8.76. The van der Waals surface area contributed by atoms with Gasteiger partial charge >= 0.3 is 18.1 Å². The van der Waals surface area contributed by atoms with Crippen LogP contribution < -0.4 is 10.1 Å². The van der Waals surface area contributed by atoms with Crippen molar-refractivity contribution in [1.29, 1.82) is 0 Å². The molecule has 0 saturated carbocycles. The average Bonchev–Trinajstić information content (AvgIpc) is 3.30. The van der Waals surface area contributed by atoms with Crippen LogP contribution in [-0.2, 0) is 35.3 Å². The van der Waals surface area contributed by atoms with Gasteiger partial charge in [-0.2, -0.15) is 18.2 Å². The highest BCUT2D eigenvalue weighted by Gasteiger charge is 2.41. The molecule has 4 rings (SSSR count). The summed E-state index contributed by atoms with van der Waals surface area (Å²) in [4.78, 5) is 31.6. The first-order valence-electron chi connectivity index (χ1n) is 11.8. The lowest BCUT2D eigenvalue weighted by atomic mass is 9.92. The van der Waals surface area contributed by atoms with Gasteiger partial charge in [-0.15, -0.1) is 0 Å². The zero-order valence-electron chi connectivity index (χ0n) is 19.8. The zero-order valence-corrected chi connectivity index (χ0v) is 19.8. The summed E-state index contributed by atoms with van der Waals surface area (Å²) in [6.07, 6.45) is -1.34. The number of nitrogens with one attached hydrogen (secondary N) is 1. The third-order valence-electron chi connectivity index (χ3n) is 5.91. The number of pyridine rings is 1. The lowest BCUT2D eigenvalue weighted by Gasteiger charge is -2.17. The Hall–Kier alpha value is -3.96. The van der Waals surface area contributed by atoms with Crippen molar-refractivity contribution in [3.8, 4) is 5.75 Å². The number of alkyl halides is 3. The molecule has 12 heteroatoms. The number of fused-ring (bicyclic) bond motifs is 1. The number of anilines is 1. The summed E-state index contributed by atoms with van der Waals surface area (Å²) in [5.74, 6) is -2.90. The van der Waals surface area contributed by atoms with E-state index in [1.165, 1.54) is 29.8 Å². The van der Waals surface area contributed by atoms with Crippen LogP contribution in [0.4, 0.5) is 19.0 Å². The highest BCUT2D eigenvalue weighted by molar-refractivity contribution is 5.78. The molecule has 3 heterocycles. The Morgan fingerprint density at radius 1 is 1.16 bits per heavy atom. The van der Waals surface area contributed by atoms with Crippen molar-refractivity contribution in [2.45, 2.75) is 57.0 Å². The van der Waals surface area contributed by atoms with E-state index in [0.717, 1.165) is 43.7 Å². The monoisotopic (exact) mass is 518 g/mol. The number of aromatic nitrogens is 3. The molecule has 1 aromatic carbocycles. The zero-order chi connectivity index (χ0) is 26.4. The predicted octanol–water partition coefficient (Wildman–Crippen LogP) is 4.27. The summed E-state index contributed by atoms with van der Waals surface area (Å²) in [5, 5.41) is 16.6. The fourth-order valence-electron chi connectivity index (χ4n) is 4.14. The molecule has 196 valence electrons. The van der Waals surface area contributed by atoms with E-state index < -0.39 is 24.0 Å². The fraction of sp³-hybridized carbons (Fsp3) is 0.400. The summed E-state index contributed by atoms with van der Waals surface area (Å²) >= 11 is 0. The van der Waals surface area contributed by atoms with E-state index in [1.54, 1.807) is 0 Å². The van der Waals surface area contributed by atoms with Crippen LogP contribution in [0.3, 0.4) is 0 Å². The van der Waals surface area contributed by atoms with Crippen molar-refractivity contribution in [2.24, 2.45) is 0 Å². The topological polar surface area (TPSA) is 127 Å². The molecule has 37 heavy (non-hydrogen) atoms. The summed E-state index contributed by atoms with van der Waals surface area (Å²) in [7, 11) is 0. The van der Waals surface area contributed by atoms with Gasteiger partial charge in [0.15, 0.2) is 5.82 Å². The van der Waals surface area contributed by atoms with Gasteiger partial charge in [-0.1, -0.05) is 23.4 Å². The van der Waals surface area contributed by atoms with Crippen molar-refractivity contribution < 1.29 is 37.1 Å². The molecule has 1 aliphatic rings. The molecular formula is C25H25F3N4O5. The molecule has 0 spiro atoms. The molecule has 1 aliphatic heterocycles. The van der Waals surface area contributed by atoms with Crippen LogP contribution in [0.1, 0.15) is 53.7 Å². The SMILES string of the molecule is O=C(O)CC(Cc1nc(CCCc2ccc3c(n2)NCCC3)no1)c1cccc(OC(=O)C(F)(F)F)c1. The minimum absolute atomic E-state index is 0.0496. The molecule has 1 atom stereocenters. The van der Waals surface area contributed by atoms with Gasteiger partial charge in [0.1, 0.15) is 11.6 Å². The number of carbonyl (C=O) groups excluding carboxylic acids is 1. The van der Waals surface area contributed by atoms with Gasteiger partial charge in [-0.05, 0) is 55.0 Å². The first-order valence-corrected chi connectivity index (χ1v) is 11.8. The second-order valence-electron chi connectivity index (χ2n) is 8.76. The molecule has 3 aromatic rings. The highest BCUT2D eigenvalue weighted by Crippen LogP contribution is 2.28. The Kier molecular flexibility index (Phi) is 8.04. The largest absolute Gasteiger partial charge is 0.491 e. The minimum Gasteiger partial charge on any atom is -0.481 e. The quantitative estimate of drug-likeness (QED) is 0.299. The van der Waals surface area contributed by atoms with Crippen LogP contribution in [0.2, 0.25) is 0 Å². The van der Waals surface area contributed by atoms with Crippen LogP contribution in [-0.4, -0.2) is 44.9 Å². The number of hydrogen-bond donors (Lipinski definition) is 2. The van der Waals surface area contributed by atoms with Gasteiger partial charge in [0.25, 0.3) is 0 Å². The summed E-state index contributed by atoms with van der Waals surface area (Å²) in [6.45, 7) is 0.918. The van der Waals surface area contributed by atoms with Crippen LogP contribution in [0.15, 0.2) is 40.9 Å². The van der Waals surface area contributed by atoms with Gasteiger partial charge in [0, 0.05) is 31.0 Å². The van der Waals surface area contributed by atoms with E-state index in [0.29, 0.717) is 17.8 Å². The van der Waals surface area contributed by atoms with Crippen LogP contribution in [0.5, 0.6) is 5.75 Å². The molecule has 2 N–H and O–H groups in total. The number of carbonyl (C=O) groups is 2. The first-order chi connectivity index (χ1) is 17.7. The molecule has 1 unspecified atom stereocenters. The predicted molar refractivity (Wildman–Crippen MR) is 124 cm³/mol. The molecule has 0 fully saturated rings. The third-order valence-corrected chi connectivity index (χ3v) is 5.91. The van der Waals surface area contributed by atoms with E-state index in [2.05, 4.69) is 31.2 Å². The number of aryl methyl sites for hydroxylation is 3. The molecule has 0 amide bonds. The maximum atomic E-state index is 12.5. The normalized spacial score (nSPS) is 13.9. The number of nitrogens with zero attached hydrogens (tertiary/aromatic N) is 3. The number of benzene rings is 1. The standard InChI is InChI=1S/C25H25F3N4O5/c26-25(27,28)24(35)36-19-7-1-4-16(12-19)17(14-22(33)34)13-21-31-20(32-37-21)8-2-6-18-10-9-15-5-3-11-29-23(15)30-18/h1,4,7,9-10,12,17H,2-3,5-6,8,11,13-14H2,(H,29,30)(H,33,34). The lowest BCUT2D eigenvalue weighted by molar-refractivity contribution is -0.189. The average molecular weight is 518 g/mol. The van der Waals surface area contributed by atoms with Crippen molar-refractivity contribution in [1.82, 2.24) is 15.1 Å². The smallest absolute Gasteiger partial charge is 0.481 e. The molecule has 0 radical (unpaired) electrons. The Morgan fingerprint density at radius 2 is 2.00 bits per heavy atom. The van der Waals surface area contributed by atoms with Gasteiger partial charge in [-0.25, -0.2) is 9.78 Å². The first kappa shape index (κ1) is 26.1. The number of aliphatic carboxylic acids is 1. The van der Waals surface area contributed by atoms with Crippen LogP contribution in [0.25, 0.3) is 0 Å². The number of carboxylic acids is 1. The van der Waals surface area contributed by atoms with Gasteiger partial charge in [0.2, 0.25) is 5.89 Å². The van der Waals surface area contributed by atoms with E-state index in [4.69, 9.17) is 4.52 Å². The van der Waals surface area contributed by atoms with Crippen molar-refractivity contribution in [3.05, 3.63) is 64.9 Å². The van der Waals surface area contributed by atoms with Gasteiger partial charge in [0.05, 0.1) is 6.42 Å². The summed E-state index contributed by atoms with van der Waals surface area (Å²) in [6, 6.07) is 9.42. The Balaban J connectivity index is 1.37. The summed E-state index contributed by atoms with van der Waals surface area (Å²) < 4.78 is 47.2. The maximum Gasteiger partial charge on any atom is 0.491 e.